The Morgan fingerprint density at radius 2 is 0.677 bits per heavy atom. The van der Waals surface area contributed by atoms with E-state index in [1.165, 1.54) is 12.8 Å². The number of hydrogen-bond donors (Lipinski definition) is 14. The zero-order valence-electron chi connectivity index (χ0n) is 50.7. The molecule has 0 amide bonds. The highest BCUT2D eigenvalue weighted by Crippen LogP contribution is 2.32. The summed E-state index contributed by atoms with van der Waals surface area (Å²) in [4.78, 5) is 17.8. The first-order valence-corrected chi connectivity index (χ1v) is 31.0. The number of fused-ring (bicyclic) bond motifs is 8. The number of aliphatic hydroxyl groups is 12. The largest absolute Gasteiger partial charge is 0.462 e. The summed E-state index contributed by atoms with van der Waals surface area (Å²) in [6, 6.07) is 27.9. The molecule has 3 aromatic heterocycles. The topological polar surface area (TPSA) is 356 Å². The lowest BCUT2D eigenvalue weighted by atomic mass is 9.99. The average Bonchev–Trinajstić information content (AvgIpc) is 1.75. The molecule has 3 saturated heterocycles. The van der Waals surface area contributed by atoms with Crippen LogP contribution < -0.4 is 14.2 Å². The molecule has 93 heavy (non-hydrogen) atoms. The highest BCUT2D eigenvalue weighted by molar-refractivity contribution is 5.87. The summed E-state index contributed by atoms with van der Waals surface area (Å²) in [6.45, 7) is 0.378. The number of ether oxygens (including phenoxy) is 6. The van der Waals surface area contributed by atoms with Crippen LogP contribution in [0.4, 0.5) is 0 Å². The Labute approximate surface area is 535 Å². The van der Waals surface area contributed by atoms with E-state index in [0.717, 1.165) is 55.1 Å². The van der Waals surface area contributed by atoms with Crippen LogP contribution in [0, 0.1) is 35.5 Å². The van der Waals surface area contributed by atoms with Gasteiger partial charge in [0.15, 0.2) is 0 Å². The second-order valence-corrected chi connectivity index (χ2v) is 23.2. The number of hydrogen-bond acceptors (Lipinski definition) is 20. The van der Waals surface area contributed by atoms with Crippen molar-refractivity contribution in [3.8, 4) is 52.8 Å². The third-order valence-corrected chi connectivity index (χ3v) is 16.8. The number of aryl methyl sites for hydroxylation is 1. The molecule has 11 rings (SSSR count). The van der Waals surface area contributed by atoms with Crippen LogP contribution in [0.2, 0.25) is 0 Å². The van der Waals surface area contributed by atoms with Gasteiger partial charge in [0, 0.05) is 27.7 Å². The minimum Gasteiger partial charge on any atom is -0.462 e. The first-order valence-electron chi connectivity index (χ1n) is 31.0. The first kappa shape index (κ1) is 66.2. The number of nitrogens with zero attached hydrogens (tertiary/aromatic N) is 2. The number of aliphatic hydroxyl groups excluding tert-OH is 12. The second kappa shape index (κ2) is 30.2. The number of rotatable bonds is 17. The summed E-state index contributed by atoms with van der Waals surface area (Å²) in [5.41, 5.74) is 9.32. The Bertz CT molecular complexity index is 3820. The zero-order chi connectivity index (χ0) is 65.3. The van der Waals surface area contributed by atoms with E-state index < -0.39 is 112 Å². The normalized spacial score (nSPS) is 26.4. The minimum absolute atomic E-state index is 0.248. The van der Waals surface area contributed by atoms with Crippen LogP contribution in [0.1, 0.15) is 114 Å². The fraction of sp³-hybridized carbons (Fsp3) is 0.380. The maximum Gasteiger partial charge on any atom is 0.229 e. The van der Waals surface area contributed by atoms with Crippen LogP contribution in [-0.2, 0) is 20.6 Å². The van der Waals surface area contributed by atoms with Crippen LogP contribution in [-0.4, -0.2) is 193 Å². The molecule has 8 heterocycles. The number of unbranched alkanes of at least 4 members (excludes halogenated alkanes) is 6. The van der Waals surface area contributed by atoms with E-state index in [1.54, 1.807) is 72.8 Å². The van der Waals surface area contributed by atoms with Crippen molar-refractivity contribution >= 4 is 46.4 Å². The summed E-state index contributed by atoms with van der Waals surface area (Å²) in [5, 5.41) is 123. The number of H-pyrrole nitrogens is 2. The van der Waals surface area contributed by atoms with E-state index in [1.807, 2.05) is 48.6 Å². The van der Waals surface area contributed by atoms with Crippen LogP contribution in [0.15, 0.2) is 97.1 Å². The van der Waals surface area contributed by atoms with Gasteiger partial charge in [-0.2, -0.15) is 0 Å². The van der Waals surface area contributed by atoms with Gasteiger partial charge in [-0.1, -0.05) is 81.0 Å². The summed E-state index contributed by atoms with van der Waals surface area (Å²) in [6.07, 6.45) is -6.01. The lowest BCUT2D eigenvalue weighted by molar-refractivity contribution is -0.277. The van der Waals surface area contributed by atoms with Gasteiger partial charge in [-0.15, -0.1) is 0 Å². The van der Waals surface area contributed by atoms with Crippen molar-refractivity contribution in [1.29, 1.82) is 0 Å². The van der Waals surface area contributed by atoms with Gasteiger partial charge >= 0.3 is 0 Å². The van der Waals surface area contributed by atoms with E-state index in [4.69, 9.17) is 38.4 Å². The molecule has 0 radical (unpaired) electrons. The molecule has 0 spiro atoms. The lowest BCUT2D eigenvalue weighted by Gasteiger charge is -2.39. The maximum atomic E-state index is 10.6. The Morgan fingerprint density at radius 1 is 0.366 bits per heavy atom. The molecule has 3 aromatic carbocycles. The number of benzene rings is 3. The third kappa shape index (κ3) is 15.2. The molecule has 486 valence electrons. The summed E-state index contributed by atoms with van der Waals surface area (Å²) < 4.78 is 34.3. The molecule has 5 aliphatic rings. The van der Waals surface area contributed by atoms with E-state index in [9.17, 15) is 61.3 Å². The van der Waals surface area contributed by atoms with Crippen molar-refractivity contribution < 1.29 is 89.7 Å². The van der Waals surface area contributed by atoms with Crippen LogP contribution >= 0.6 is 0 Å². The second-order valence-electron chi connectivity index (χ2n) is 23.2. The smallest absolute Gasteiger partial charge is 0.229 e. The van der Waals surface area contributed by atoms with Crippen LogP contribution in [0.3, 0.4) is 0 Å². The molecule has 14 N–H and O–H groups in total. The van der Waals surface area contributed by atoms with Crippen LogP contribution in [0.5, 0.6) is 17.2 Å². The molecule has 6 unspecified atom stereocenters. The fourth-order valence-corrected chi connectivity index (χ4v) is 11.3. The molecule has 0 saturated carbocycles. The SMILES string of the molecule is CCCCCCCCCc1c2ccc([nH]2)c(C#Cc2ccc(O[C@H]3OC(CO)[C@@H](O)[C@H](O)C3O)cc2)c2nc(c(C#Cc3ccc(O[C@H]4OC(CO)[C@@H](O)[C@H](O)C4O)cc3)c3nc(c(C#Cc4ccc(O[C@H]5OC(CO)[C@@H](O)[C@H](O)C5O)cc4)c4ccc1[nH]4)C=C3)C=C2. The molecule has 8 bridgehead atoms. The summed E-state index contributed by atoms with van der Waals surface area (Å²) in [7, 11) is 0. The van der Waals surface area contributed by atoms with Crippen molar-refractivity contribution in [3.63, 3.8) is 0 Å². The fourth-order valence-electron chi connectivity index (χ4n) is 11.3. The quantitative estimate of drug-likeness (QED) is 0.0457. The molecule has 3 fully saturated rings. The molecule has 15 atom stereocenters. The Hall–Kier alpha value is -8.26. The molecule has 6 aromatic rings. The highest BCUT2D eigenvalue weighted by Gasteiger charge is 2.47. The van der Waals surface area contributed by atoms with Crippen LogP contribution in [0.25, 0.3) is 46.4 Å². The average molecular weight is 1270 g/mol. The molecular weight excluding hydrogens is 1200 g/mol. The van der Waals surface area contributed by atoms with Crippen molar-refractivity contribution in [3.05, 3.63) is 159 Å². The summed E-state index contributed by atoms with van der Waals surface area (Å²) in [5.74, 6) is 20.7. The van der Waals surface area contributed by atoms with Crippen molar-refractivity contribution in [2.24, 2.45) is 0 Å². The maximum absolute atomic E-state index is 10.6. The molecule has 0 aliphatic carbocycles. The van der Waals surface area contributed by atoms with Crippen molar-refractivity contribution in [2.75, 3.05) is 19.8 Å². The Balaban J connectivity index is 1.01. The van der Waals surface area contributed by atoms with Gasteiger partial charge in [-0.3, -0.25) is 0 Å². The van der Waals surface area contributed by atoms with Gasteiger partial charge in [0.1, 0.15) is 90.5 Å². The predicted octanol–water partition coefficient (Wildman–Crippen LogP) is 3.68. The monoisotopic (exact) mass is 1270 g/mol. The summed E-state index contributed by atoms with van der Waals surface area (Å²) >= 11 is 0. The van der Waals surface area contributed by atoms with Crippen molar-refractivity contribution in [2.45, 2.75) is 150 Å². The number of nitrogens with one attached hydrogen (secondary N) is 2. The van der Waals surface area contributed by atoms with Crippen molar-refractivity contribution in [1.82, 2.24) is 19.9 Å². The van der Waals surface area contributed by atoms with Gasteiger partial charge in [0.25, 0.3) is 0 Å². The predicted molar refractivity (Wildman–Crippen MR) is 341 cm³/mol. The van der Waals surface area contributed by atoms with Gasteiger partial charge < -0.3 is 99.7 Å². The van der Waals surface area contributed by atoms with E-state index in [2.05, 4.69) is 52.4 Å². The molecular formula is C71H74N4O18. The Kier molecular flexibility index (Phi) is 21.5. The molecule has 22 heteroatoms. The molecule has 22 nitrogen and oxygen atoms in total. The van der Waals surface area contributed by atoms with Gasteiger partial charge in [-0.05, 0) is 140 Å². The van der Waals surface area contributed by atoms with E-state index in [-0.39, 0.29) is 17.2 Å². The Morgan fingerprint density at radius 3 is 1.02 bits per heavy atom. The third-order valence-electron chi connectivity index (χ3n) is 16.8. The van der Waals surface area contributed by atoms with E-state index >= 15 is 0 Å². The number of aromatic nitrogens is 4. The molecule has 5 aliphatic heterocycles. The highest BCUT2D eigenvalue weighted by atomic mass is 16.7. The van der Waals surface area contributed by atoms with E-state index in [0.29, 0.717) is 67.2 Å². The standard InChI is InChI=1S/C71H74N4O18/c1-2-3-4-5-6-7-8-9-45-49-28-30-51(72-49)46(25-16-39-10-19-42(20-11-39)88-69-66(85)63(82)60(79)57(36-76)91-69)53-32-34-55(74-53)48(27-18-41-14-23-44(24-15-41)90-71-68(87)65(84)62(81)59(38-78)93-71)56-35-33-54(75-56)47(52-31-29-50(45)73-52)26-17-40-12-21-43(22-13-40)89-70-67(86)64(83)61(80)58(37-77)92-70/h10-15,19-24,28-35,57-73,76-87H,2-9,36-38H2,1H3/t57?,58?,59?,60-,61-,62-,63+,64+,65+,66?,67?,68?,69+,70+,71+/m1/s1. The lowest BCUT2D eigenvalue weighted by Crippen LogP contribution is -2.60. The minimum atomic E-state index is -1.63. The van der Waals surface area contributed by atoms with Gasteiger partial charge in [0.2, 0.25) is 18.9 Å². The number of aromatic amines is 2. The van der Waals surface area contributed by atoms with Gasteiger partial charge in [-0.25, -0.2) is 9.97 Å². The zero-order valence-corrected chi connectivity index (χ0v) is 50.7. The first-order chi connectivity index (χ1) is 45.1. The van der Waals surface area contributed by atoms with Gasteiger partial charge in [0.05, 0.1) is 70.3 Å².